The fourth-order valence-corrected chi connectivity index (χ4v) is 5.02. The SMILES string of the molecule is C[C@H]1CCCCN1S(=O)(=O)c1ccccc1-c1ccccc1. The average Bonchev–Trinajstić information content (AvgIpc) is 2.56. The van der Waals surface area contributed by atoms with Gasteiger partial charge in [0.05, 0.1) is 4.90 Å². The minimum absolute atomic E-state index is 0.0718. The van der Waals surface area contributed by atoms with Gasteiger partial charge in [0.2, 0.25) is 10.0 Å². The molecule has 1 atom stereocenters. The molecule has 1 aliphatic rings. The standard InChI is InChI=1S/C18H21NO2S/c1-15-9-7-8-14-19(15)22(20,21)18-13-6-5-12-17(18)16-10-3-2-4-11-16/h2-6,10-13,15H,7-9,14H2,1H3/t15-/m0/s1. The Morgan fingerprint density at radius 3 is 2.36 bits per heavy atom. The van der Waals surface area contributed by atoms with Crippen molar-refractivity contribution in [1.82, 2.24) is 4.31 Å². The Hall–Kier alpha value is -1.65. The lowest BCUT2D eigenvalue weighted by Gasteiger charge is -2.32. The van der Waals surface area contributed by atoms with Crippen LogP contribution in [0.1, 0.15) is 26.2 Å². The quantitative estimate of drug-likeness (QED) is 0.861. The van der Waals surface area contributed by atoms with Crippen molar-refractivity contribution >= 4 is 10.0 Å². The zero-order valence-corrected chi connectivity index (χ0v) is 13.6. The maximum atomic E-state index is 13.1. The zero-order valence-electron chi connectivity index (χ0n) is 12.8. The summed E-state index contributed by atoms with van der Waals surface area (Å²) in [6.45, 7) is 2.62. The fourth-order valence-electron chi connectivity index (χ4n) is 3.10. The Balaban J connectivity index is 2.08. The van der Waals surface area contributed by atoms with Gasteiger partial charge in [0.1, 0.15) is 0 Å². The second-order valence-corrected chi connectivity index (χ2v) is 7.68. The molecule has 3 nitrogen and oxygen atoms in total. The number of benzene rings is 2. The fraction of sp³-hybridized carbons (Fsp3) is 0.333. The number of nitrogens with zero attached hydrogens (tertiary/aromatic N) is 1. The molecule has 2 aromatic carbocycles. The monoisotopic (exact) mass is 315 g/mol. The molecule has 1 heterocycles. The third kappa shape index (κ3) is 2.81. The lowest BCUT2D eigenvalue weighted by Crippen LogP contribution is -2.42. The van der Waals surface area contributed by atoms with Crippen LogP contribution < -0.4 is 0 Å². The second kappa shape index (κ2) is 6.23. The molecule has 0 aromatic heterocycles. The highest BCUT2D eigenvalue weighted by Crippen LogP contribution is 2.32. The molecule has 1 fully saturated rings. The van der Waals surface area contributed by atoms with Gasteiger partial charge in [-0.15, -0.1) is 0 Å². The number of hydrogen-bond donors (Lipinski definition) is 0. The molecular formula is C18H21NO2S. The first-order valence-electron chi connectivity index (χ1n) is 7.77. The summed E-state index contributed by atoms with van der Waals surface area (Å²) in [5.41, 5.74) is 1.72. The molecule has 1 saturated heterocycles. The summed E-state index contributed by atoms with van der Waals surface area (Å²) >= 11 is 0. The molecule has 0 saturated carbocycles. The first-order valence-corrected chi connectivity index (χ1v) is 9.21. The number of hydrogen-bond acceptors (Lipinski definition) is 2. The smallest absolute Gasteiger partial charge is 0.207 e. The van der Waals surface area contributed by atoms with Gasteiger partial charge in [0.25, 0.3) is 0 Å². The van der Waals surface area contributed by atoms with Gasteiger partial charge in [-0.3, -0.25) is 0 Å². The predicted octanol–water partition coefficient (Wildman–Crippen LogP) is 3.92. The van der Waals surface area contributed by atoms with E-state index in [0.29, 0.717) is 11.4 Å². The van der Waals surface area contributed by atoms with Crippen molar-refractivity contribution in [3.05, 3.63) is 54.6 Å². The Morgan fingerprint density at radius 2 is 1.64 bits per heavy atom. The zero-order chi connectivity index (χ0) is 15.6. The number of rotatable bonds is 3. The van der Waals surface area contributed by atoms with Gasteiger partial charge < -0.3 is 0 Å². The Bertz CT molecular complexity index is 741. The first-order chi connectivity index (χ1) is 10.6. The highest BCUT2D eigenvalue weighted by molar-refractivity contribution is 7.89. The molecule has 0 amide bonds. The molecule has 3 rings (SSSR count). The Labute approximate surface area is 132 Å². The van der Waals surface area contributed by atoms with Gasteiger partial charge in [-0.05, 0) is 31.4 Å². The van der Waals surface area contributed by atoms with Crippen molar-refractivity contribution in [1.29, 1.82) is 0 Å². The van der Waals surface area contributed by atoms with Crippen molar-refractivity contribution < 1.29 is 8.42 Å². The topological polar surface area (TPSA) is 37.4 Å². The van der Waals surface area contributed by atoms with E-state index in [9.17, 15) is 8.42 Å². The van der Waals surface area contributed by atoms with Crippen LogP contribution in [0.4, 0.5) is 0 Å². The van der Waals surface area contributed by atoms with E-state index in [-0.39, 0.29) is 6.04 Å². The minimum atomic E-state index is -3.46. The van der Waals surface area contributed by atoms with E-state index in [1.54, 1.807) is 16.4 Å². The van der Waals surface area contributed by atoms with Crippen LogP contribution >= 0.6 is 0 Å². The summed E-state index contributed by atoms with van der Waals surface area (Å²) in [5, 5.41) is 0. The van der Waals surface area contributed by atoms with Crippen molar-refractivity contribution in [2.45, 2.75) is 37.1 Å². The van der Waals surface area contributed by atoms with Crippen LogP contribution in [0.15, 0.2) is 59.5 Å². The summed E-state index contributed by atoms with van der Waals surface area (Å²) in [7, 11) is -3.46. The summed E-state index contributed by atoms with van der Waals surface area (Å²) in [6.07, 6.45) is 2.98. The molecule has 0 radical (unpaired) electrons. The predicted molar refractivity (Wildman–Crippen MR) is 89.1 cm³/mol. The van der Waals surface area contributed by atoms with E-state index in [1.807, 2.05) is 49.4 Å². The highest BCUT2D eigenvalue weighted by Gasteiger charge is 2.32. The van der Waals surface area contributed by atoms with Crippen LogP contribution in [0.3, 0.4) is 0 Å². The second-order valence-electron chi connectivity index (χ2n) is 5.82. The highest BCUT2D eigenvalue weighted by atomic mass is 32.2. The van der Waals surface area contributed by atoms with E-state index in [2.05, 4.69) is 0 Å². The minimum Gasteiger partial charge on any atom is -0.207 e. The van der Waals surface area contributed by atoms with Gasteiger partial charge >= 0.3 is 0 Å². The van der Waals surface area contributed by atoms with E-state index >= 15 is 0 Å². The van der Waals surface area contributed by atoms with Crippen LogP contribution in [0.25, 0.3) is 11.1 Å². The summed E-state index contributed by atoms with van der Waals surface area (Å²) < 4.78 is 27.9. The Morgan fingerprint density at radius 1 is 0.955 bits per heavy atom. The van der Waals surface area contributed by atoms with Gasteiger partial charge in [-0.2, -0.15) is 4.31 Å². The molecule has 116 valence electrons. The molecule has 0 N–H and O–H groups in total. The number of piperidine rings is 1. The molecule has 0 bridgehead atoms. The maximum Gasteiger partial charge on any atom is 0.243 e. The van der Waals surface area contributed by atoms with Crippen molar-refractivity contribution in [3.8, 4) is 11.1 Å². The molecule has 2 aromatic rings. The van der Waals surface area contributed by atoms with E-state index in [0.717, 1.165) is 30.4 Å². The van der Waals surface area contributed by atoms with Crippen molar-refractivity contribution in [2.75, 3.05) is 6.54 Å². The van der Waals surface area contributed by atoms with Gasteiger partial charge in [0.15, 0.2) is 0 Å². The molecule has 0 aliphatic carbocycles. The number of sulfonamides is 1. The molecule has 4 heteroatoms. The van der Waals surface area contributed by atoms with Crippen molar-refractivity contribution in [2.24, 2.45) is 0 Å². The molecule has 22 heavy (non-hydrogen) atoms. The molecular weight excluding hydrogens is 294 g/mol. The van der Waals surface area contributed by atoms with Gasteiger partial charge in [-0.25, -0.2) is 8.42 Å². The van der Waals surface area contributed by atoms with Crippen LogP contribution in [-0.2, 0) is 10.0 Å². The van der Waals surface area contributed by atoms with E-state index in [1.165, 1.54) is 0 Å². The normalized spacial score (nSPS) is 20.0. The van der Waals surface area contributed by atoms with E-state index < -0.39 is 10.0 Å². The average molecular weight is 315 g/mol. The van der Waals surface area contributed by atoms with E-state index in [4.69, 9.17) is 0 Å². The lowest BCUT2D eigenvalue weighted by molar-refractivity contribution is 0.269. The third-order valence-corrected chi connectivity index (χ3v) is 6.37. The molecule has 0 unspecified atom stereocenters. The van der Waals surface area contributed by atoms with Crippen LogP contribution in [0, 0.1) is 0 Å². The Kier molecular flexibility index (Phi) is 4.32. The van der Waals surface area contributed by atoms with Gasteiger partial charge in [-0.1, -0.05) is 55.0 Å². The summed E-state index contributed by atoms with van der Waals surface area (Å²) in [6, 6.07) is 17.1. The first kappa shape index (κ1) is 15.3. The molecule has 1 aliphatic heterocycles. The van der Waals surface area contributed by atoms with Crippen LogP contribution in [-0.4, -0.2) is 25.3 Å². The van der Waals surface area contributed by atoms with Crippen LogP contribution in [0.2, 0.25) is 0 Å². The third-order valence-electron chi connectivity index (χ3n) is 4.30. The maximum absolute atomic E-state index is 13.1. The summed E-state index contributed by atoms with van der Waals surface area (Å²) in [5.74, 6) is 0. The summed E-state index contributed by atoms with van der Waals surface area (Å²) in [4.78, 5) is 0.412. The van der Waals surface area contributed by atoms with Crippen molar-refractivity contribution in [3.63, 3.8) is 0 Å². The van der Waals surface area contributed by atoms with Crippen LogP contribution in [0.5, 0.6) is 0 Å². The van der Waals surface area contributed by atoms with Gasteiger partial charge in [0, 0.05) is 18.2 Å². The largest absolute Gasteiger partial charge is 0.243 e. The lowest BCUT2D eigenvalue weighted by atomic mass is 10.1. The molecule has 0 spiro atoms.